The van der Waals surface area contributed by atoms with Crippen LogP contribution in [-0.2, 0) is 4.79 Å². The molecule has 0 aromatic rings. The summed E-state index contributed by atoms with van der Waals surface area (Å²) < 4.78 is 0. The Morgan fingerprint density at radius 2 is 2.00 bits per heavy atom. The molecule has 0 aliphatic carbocycles. The first kappa shape index (κ1) is 14.2. The SMILES string of the molecule is CC=CCCCC(=O)NCCCCCC. The molecular weight excluding hydrogens is 186 g/mol. The van der Waals surface area contributed by atoms with Crippen molar-refractivity contribution in [2.45, 2.75) is 58.8 Å². The summed E-state index contributed by atoms with van der Waals surface area (Å²) in [5.74, 6) is 0.205. The van der Waals surface area contributed by atoms with Gasteiger partial charge in [0.05, 0.1) is 0 Å². The number of carbonyl (C=O) groups is 1. The fraction of sp³-hybridized carbons (Fsp3) is 0.769. The van der Waals surface area contributed by atoms with Crippen molar-refractivity contribution in [3.05, 3.63) is 12.2 Å². The van der Waals surface area contributed by atoms with Crippen LogP contribution in [0.2, 0.25) is 0 Å². The molecule has 0 aromatic heterocycles. The van der Waals surface area contributed by atoms with Gasteiger partial charge in [0.2, 0.25) is 5.91 Å². The minimum Gasteiger partial charge on any atom is -0.356 e. The van der Waals surface area contributed by atoms with Crippen molar-refractivity contribution in [1.82, 2.24) is 5.32 Å². The highest BCUT2D eigenvalue weighted by Gasteiger charge is 1.98. The second-order valence-corrected chi connectivity index (χ2v) is 3.87. The number of nitrogens with one attached hydrogen (secondary N) is 1. The van der Waals surface area contributed by atoms with Gasteiger partial charge in [-0.05, 0) is 26.2 Å². The molecule has 0 heterocycles. The summed E-state index contributed by atoms with van der Waals surface area (Å²) in [6, 6.07) is 0. The van der Waals surface area contributed by atoms with Gasteiger partial charge in [-0.15, -0.1) is 0 Å². The summed E-state index contributed by atoms with van der Waals surface area (Å²) >= 11 is 0. The lowest BCUT2D eigenvalue weighted by molar-refractivity contribution is -0.121. The van der Waals surface area contributed by atoms with Gasteiger partial charge >= 0.3 is 0 Å². The maximum Gasteiger partial charge on any atom is 0.220 e. The maximum absolute atomic E-state index is 11.3. The molecule has 0 spiro atoms. The Labute approximate surface area is 94.1 Å². The van der Waals surface area contributed by atoms with Crippen molar-refractivity contribution in [1.29, 1.82) is 0 Å². The largest absolute Gasteiger partial charge is 0.356 e. The van der Waals surface area contributed by atoms with Crippen LogP contribution in [0.25, 0.3) is 0 Å². The van der Waals surface area contributed by atoms with E-state index in [-0.39, 0.29) is 5.91 Å². The average molecular weight is 211 g/mol. The zero-order chi connectivity index (χ0) is 11.4. The third kappa shape index (κ3) is 11.1. The molecule has 0 aliphatic rings. The first-order chi connectivity index (χ1) is 7.31. The van der Waals surface area contributed by atoms with Crippen LogP contribution < -0.4 is 5.32 Å². The molecule has 0 rings (SSSR count). The summed E-state index contributed by atoms with van der Waals surface area (Å²) in [6.45, 7) is 5.05. The third-order valence-electron chi connectivity index (χ3n) is 2.36. The molecule has 15 heavy (non-hydrogen) atoms. The van der Waals surface area contributed by atoms with E-state index in [0.717, 1.165) is 25.8 Å². The fourth-order valence-corrected chi connectivity index (χ4v) is 1.42. The van der Waals surface area contributed by atoms with Gasteiger partial charge in [-0.2, -0.15) is 0 Å². The van der Waals surface area contributed by atoms with Gasteiger partial charge in [-0.25, -0.2) is 0 Å². The van der Waals surface area contributed by atoms with E-state index in [4.69, 9.17) is 0 Å². The van der Waals surface area contributed by atoms with Crippen LogP contribution in [0.4, 0.5) is 0 Å². The monoisotopic (exact) mass is 211 g/mol. The molecule has 1 N–H and O–H groups in total. The Hall–Kier alpha value is -0.790. The van der Waals surface area contributed by atoms with Crippen LogP contribution in [0.15, 0.2) is 12.2 Å². The van der Waals surface area contributed by atoms with Crippen molar-refractivity contribution in [2.24, 2.45) is 0 Å². The number of rotatable bonds is 9. The highest BCUT2D eigenvalue weighted by Crippen LogP contribution is 1.99. The summed E-state index contributed by atoms with van der Waals surface area (Å²) in [4.78, 5) is 11.3. The molecule has 1 amide bonds. The van der Waals surface area contributed by atoms with Crippen molar-refractivity contribution in [2.75, 3.05) is 6.54 Å². The topological polar surface area (TPSA) is 29.1 Å². The molecule has 0 aromatic carbocycles. The normalized spacial score (nSPS) is 10.8. The minimum atomic E-state index is 0.205. The number of amides is 1. The van der Waals surface area contributed by atoms with Gasteiger partial charge in [0.15, 0.2) is 0 Å². The first-order valence-electron chi connectivity index (χ1n) is 6.19. The number of allylic oxidation sites excluding steroid dienone is 2. The van der Waals surface area contributed by atoms with Gasteiger partial charge in [0, 0.05) is 13.0 Å². The zero-order valence-electron chi connectivity index (χ0n) is 10.2. The van der Waals surface area contributed by atoms with Crippen molar-refractivity contribution >= 4 is 5.91 Å². The van der Waals surface area contributed by atoms with Crippen LogP contribution in [0.1, 0.15) is 58.8 Å². The third-order valence-corrected chi connectivity index (χ3v) is 2.36. The predicted octanol–water partition coefficient (Wildman–Crippen LogP) is 3.43. The molecule has 0 unspecified atom stereocenters. The highest BCUT2D eigenvalue weighted by molar-refractivity contribution is 5.75. The maximum atomic E-state index is 11.3. The van der Waals surface area contributed by atoms with Gasteiger partial charge in [-0.1, -0.05) is 38.3 Å². The Balaban J connectivity index is 3.18. The smallest absolute Gasteiger partial charge is 0.220 e. The van der Waals surface area contributed by atoms with Crippen molar-refractivity contribution in [3.63, 3.8) is 0 Å². The molecule has 88 valence electrons. The van der Waals surface area contributed by atoms with Crippen LogP contribution >= 0.6 is 0 Å². The van der Waals surface area contributed by atoms with Gasteiger partial charge in [0.25, 0.3) is 0 Å². The standard InChI is InChI=1S/C13H25NO/c1-3-5-7-9-11-13(15)14-12-10-8-6-4-2/h3,5H,4,6-12H2,1-2H3,(H,14,15). The molecule has 0 atom stereocenters. The van der Waals surface area contributed by atoms with Crippen molar-refractivity contribution < 1.29 is 4.79 Å². The quantitative estimate of drug-likeness (QED) is 0.459. The van der Waals surface area contributed by atoms with Gasteiger partial charge in [-0.3, -0.25) is 4.79 Å². The predicted molar refractivity (Wildman–Crippen MR) is 65.8 cm³/mol. The van der Waals surface area contributed by atoms with E-state index in [1.54, 1.807) is 0 Å². The summed E-state index contributed by atoms with van der Waals surface area (Å²) in [6.07, 6.45) is 11.7. The van der Waals surface area contributed by atoms with E-state index in [2.05, 4.69) is 18.3 Å². The molecule has 2 nitrogen and oxygen atoms in total. The molecule has 2 heteroatoms. The van der Waals surface area contributed by atoms with Crippen LogP contribution in [0.5, 0.6) is 0 Å². The number of hydrogen-bond acceptors (Lipinski definition) is 1. The second-order valence-electron chi connectivity index (χ2n) is 3.87. The van der Waals surface area contributed by atoms with Gasteiger partial charge < -0.3 is 5.32 Å². The fourth-order valence-electron chi connectivity index (χ4n) is 1.42. The van der Waals surface area contributed by atoms with Gasteiger partial charge in [0.1, 0.15) is 0 Å². The number of unbranched alkanes of at least 4 members (excludes halogenated alkanes) is 4. The molecule has 0 fully saturated rings. The lowest BCUT2D eigenvalue weighted by Gasteiger charge is -2.03. The summed E-state index contributed by atoms with van der Waals surface area (Å²) in [5.41, 5.74) is 0. The molecule has 0 radical (unpaired) electrons. The van der Waals surface area contributed by atoms with E-state index in [9.17, 15) is 4.79 Å². The average Bonchev–Trinajstić information content (AvgIpc) is 2.24. The molecular formula is C13H25NO. The Bertz CT molecular complexity index is 175. The van der Waals surface area contributed by atoms with Crippen molar-refractivity contribution in [3.8, 4) is 0 Å². The van der Waals surface area contributed by atoms with Crippen LogP contribution in [0.3, 0.4) is 0 Å². The van der Waals surface area contributed by atoms with Crippen LogP contribution in [0, 0.1) is 0 Å². The highest BCUT2D eigenvalue weighted by atomic mass is 16.1. The molecule has 0 bridgehead atoms. The molecule has 0 saturated carbocycles. The molecule has 0 aliphatic heterocycles. The van der Waals surface area contributed by atoms with E-state index in [1.165, 1.54) is 19.3 Å². The Morgan fingerprint density at radius 3 is 2.67 bits per heavy atom. The second kappa shape index (κ2) is 11.3. The number of carbonyl (C=O) groups excluding carboxylic acids is 1. The molecule has 0 saturated heterocycles. The summed E-state index contributed by atoms with van der Waals surface area (Å²) in [5, 5.41) is 2.96. The van der Waals surface area contributed by atoms with E-state index < -0.39 is 0 Å². The number of hydrogen-bond donors (Lipinski definition) is 1. The van der Waals surface area contributed by atoms with E-state index in [1.807, 2.05) is 13.0 Å². The Morgan fingerprint density at radius 1 is 1.20 bits per heavy atom. The zero-order valence-corrected chi connectivity index (χ0v) is 10.2. The van der Waals surface area contributed by atoms with E-state index >= 15 is 0 Å². The van der Waals surface area contributed by atoms with E-state index in [0.29, 0.717) is 6.42 Å². The minimum absolute atomic E-state index is 0.205. The summed E-state index contributed by atoms with van der Waals surface area (Å²) in [7, 11) is 0. The lowest BCUT2D eigenvalue weighted by Crippen LogP contribution is -2.23. The first-order valence-corrected chi connectivity index (χ1v) is 6.19. The van der Waals surface area contributed by atoms with Crippen LogP contribution in [-0.4, -0.2) is 12.5 Å². The lowest BCUT2D eigenvalue weighted by atomic mass is 10.2. The Kier molecular flexibility index (Phi) is 10.7.